The molecular formula is C26H25BO2S. The first-order valence-electron chi connectivity index (χ1n) is 10.4. The number of rotatable bonds is 3. The number of benzene rings is 3. The van der Waals surface area contributed by atoms with Gasteiger partial charge in [-0.15, -0.1) is 11.3 Å². The summed E-state index contributed by atoms with van der Waals surface area (Å²) in [5, 5.41) is 1.21. The zero-order chi connectivity index (χ0) is 20.9. The van der Waals surface area contributed by atoms with Crippen LogP contribution in [0.1, 0.15) is 27.7 Å². The first kappa shape index (κ1) is 19.6. The summed E-state index contributed by atoms with van der Waals surface area (Å²) in [5.41, 5.74) is 4.03. The number of hydrogen-bond acceptors (Lipinski definition) is 3. The summed E-state index contributed by atoms with van der Waals surface area (Å²) >= 11 is 1.81. The van der Waals surface area contributed by atoms with Gasteiger partial charge in [-0.05, 0) is 61.9 Å². The second-order valence-corrected chi connectivity index (χ2v) is 9.93. The van der Waals surface area contributed by atoms with Gasteiger partial charge >= 0.3 is 7.12 Å². The molecular weight excluding hydrogens is 387 g/mol. The lowest BCUT2D eigenvalue weighted by molar-refractivity contribution is 0.00578. The Morgan fingerprint density at radius 3 is 2.00 bits per heavy atom. The van der Waals surface area contributed by atoms with Crippen molar-refractivity contribution in [1.29, 1.82) is 0 Å². The SMILES string of the molecule is CC1(C)OB(c2c(-c3cccc(-c4ccccc4)c3)sc3ccccc23)OC1(C)C. The summed E-state index contributed by atoms with van der Waals surface area (Å²) in [6, 6.07) is 27.8. The molecule has 4 aromatic rings. The molecule has 0 radical (unpaired) electrons. The van der Waals surface area contributed by atoms with Crippen molar-refractivity contribution >= 4 is 34.0 Å². The fraction of sp³-hybridized carbons (Fsp3) is 0.231. The molecule has 0 N–H and O–H groups in total. The Kier molecular flexibility index (Phi) is 4.62. The molecule has 0 bridgehead atoms. The van der Waals surface area contributed by atoms with Gasteiger partial charge in [0.1, 0.15) is 0 Å². The fourth-order valence-corrected chi connectivity index (χ4v) is 5.16. The number of fused-ring (bicyclic) bond motifs is 1. The molecule has 1 saturated heterocycles. The molecule has 0 atom stereocenters. The van der Waals surface area contributed by atoms with Gasteiger partial charge in [0.25, 0.3) is 0 Å². The fourth-order valence-electron chi connectivity index (χ4n) is 3.95. The van der Waals surface area contributed by atoms with Crippen LogP contribution in [0.4, 0.5) is 0 Å². The van der Waals surface area contributed by atoms with Gasteiger partial charge in [-0.25, -0.2) is 0 Å². The zero-order valence-electron chi connectivity index (χ0n) is 17.8. The third kappa shape index (κ3) is 3.20. The van der Waals surface area contributed by atoms with E-state index in [9.17, 15) is 0 Å². The molecule has 0 aliphatic carbocycles. The molecule has 3 aromatic carbocycles. The maximum atomic E-state index is 6.48. The van der Waals surface area contributed by atoms with E-state index in [1.165, 1.54) is 31.7 Å². The van der Waals surface area contributed by atoms with Crippen molar-refractivity contribution in [3.05, 3.63) is 78.9 Å². The predicted molar refractivity (Wildman–Crippen MR) is 128 cm³/mol. The molecule has 30 heavy (non-hydrogen) atoms. The van der Waals surface area contributed by atoms with Crippen LogP contribution in [0.2, 0.25) is 0 Å². The highest BCUT2D eigenvalue weighted by atomic mass is 32.1. The smallest absolute Gasteiger partial charge is 0.399 e. The average Bonchev–Trinajstić information content (AvgIpc) is 3.22. The van der Waals surface area contributed by atoms with E-state index in [1.54, 1.807) is 0 Å². The van der Waals surface area contributed by atoms with Gasteiger partial charge in [-0.3, -0.25) is 0 Å². The Bertz CT molecular complexity index is 1190. The van der Waals surface area contributed by atoms with Crippen molar-refractivity contribution in [3.63, 3.8) is 0 Å². The Morgan fingerprint density at radius 1 is 0.667 bits per heavy atom. The summed E-state index contributed by atoms with van der Waals surface area (Å²) in [6.07, 6.45) is 0. The number of thiophene rings is 1. The lowest BCUT2D eigenvalue weighted by atomic mass is 9.76. The van der Waals surface area contributed by atoms with Crippen molar-refractivity contribution < 1.29 is 9.31 Å². The van der Waals surface area contributed by atoms with Crippen molar-refractivity contribution in [2.24, 2.45) is 0 Å². The lowest BCUT2D eigenvalue weighted by Gasteiger charge is -2.32. The molecule has 4 heteroatoms. The molecule has 0 spiro atoms. The van der Waals surface area contributed by atoms with Gasteiger partial charge in [0.15, 0.2) is 0 Å². The van der Waals surface area contributed by atoms with E-state index < -0.39 is 0 Å². The van der Waals surface area contributed by atoms with Gasteiger partial charge < -0.3 is 9.31 Å². The minimum atomic E-state index is -0.387. The van der Waals surface area contributed by atoms with Gasteiger partial charge in [-0.1, -0.05) is 66.7 Å². The quantitative estimate of drug-likeness (QED) is 0.356. The second kappa shape index (κ2) is 7.09. The lowest BCUT2D eigenvalue weighted by Crippen LogP contribution is -2.41. The van der Waals surface area contributed by atoms with E-state index >= 15 is 0 Å². The van der Waals surface area contributed by atoms with Crippen LogP contribution in [0.5, 0.6) is 0 Å². The minimum absolute atomic E-state index is 0.371. The second-order valence-electron chi connectivity index (χ2n) is 8.88. The molecule has 2 heterocycles. The predicted octanol–water partition coefficient (Wildman–Crippen LogP) is 6.53. The first-order chi connectivity index (χ1) is 14.4. The molecule has 1 aliphatic rings. The number of hydrogen-bond donors (Lipinski definition) is 0. The van der Waals surface area contributed by atoms with E-state index in [0.29, 0.717) is 0 Å². The van der Waals surface area contributed by atoms with Gasteiger partial charge in [0.2, 0.25) is 0 Å². The molecule has 0 saturated carbocycles. The third-order valence-electron chi connectivity index (χ3n) is 6.35. The molecule has 2 nitrogen and oxygen atoms in total. The molecule has 0 amide bonds. The van der Waals surface area contributed by atoms with Crippen molar-refractivity contribution in [2.75, 3.05) is 0 Å². The molecule has 5 rings (SSSR count). The minimum Gasteiger partial charge on any atom is -0.399 e. The van der Waals surface area contributed by atoms with Crippen LogP contribution in [0.15, 0.2) is 78.9 Å². The van der Waals surface area contributed by atoms with Crippen LogP contribution in [-0.4, -0.2) is 18.3 Å². The Morgan fingerprint density at radius 2 is 1.27 bits per heavy atom. The standard InChI is InChI=1S/C26H25BO2S/c1-25(2)26(3,4)29-27(28-25)23-21-15-8-9-16-22(21)30-24(23)20-14-10-13-19(17-20)18-11-6-5-7-12-18/h5-17H,1-4H3. The summed E-state index contributed by atoms with van der Waals surface area (Å²) in [6.45, 7) is 8.43. The van der Waals surface area contributed by atoms with Gasteiger partial charge in [0, 0.05) is 15.0 Å². The van der Waals surface area contributed by atoms with Crippen LogP contribution in [0, 0.1) is 0 Å². The molecule has 0 unspecified atom stereocenters. The first-order valence-corrected chi connectivity index (χ1v) is 11.2. The van der Waals surface area contributed by atoms with Gasteiger partial charge in [0.05, 0.1) is 11.2 Å². The Balaban J connectivity index is 1.67. The topological polar surface area (TPSA) is 18.5 Å². The monoisotopic (exact) mass is 412 g/mol. The van der Waals surface area contributed by atoms with E-state index in [1.807, 2.05) is 11.3 Å². The largest absolute Gasteiger partial charge is 0.496 e. The molecule has 1 aromatic heterocycles. The van der Waals surface area contributed by atoms with Crippen molar-refractivity contribution in [1.82, 2.24) is 0 Å². The normalized spacial score (nSPS) is 17.5. The van der Waals surface area contributed by atoms with Crippen LogP contribution >= 0.6 is 11.3 Å². The summed E-state index contributed by atoms with van der Waals surface area (Å²) < 4.78 is 14.2. The average molecular weight is 412 g/mol. The van der Waals surface area contributed by atoms with Crippen molar-refractivity contribution in [2.45, 2.75) is 38.9 Å². The van der Waals surface area contributed by atoms with Crippen LogP contribution < -0.4 is 5.46 Å². The summed E-state index contributed by atoms with van der Waals surface area (Å²) in [7, 11) is -0.387. The van der Waals surface area contributed by atoms with Crippen LogP contribution in [0.3, 0.4) is 0 Å². The molecule has 1 aliphatic heterocycles. The highest BCUT2D eigenvalue weighted by molar-refractivity contribution is 7.24. The maximum Gasteiger partial charge on any atom is 0.496 e. The van der Waals surface area contributed by atoms with E-state index in [2.05, 4.69) is 107 Å². The maximum absolute atomic E-state index is 6.48. The third-order valence-corrected chi connectivity index (χ3v) is 7.59. The van der Waals surface area contributed by atoms with E-state index in [4.69, 9.17) is 9.31 Å². The van der Waals surface area contributed by atoms with Crippen LogP contribution in [-0.2, 0) is 9.31 Å². The van der Waals surface area contributed by atoms with Crippen molar-refractivity contribution in [3.8, 4) is 21.6 Å². The molecule has 1 fully saturated rings. The Hall–Kier alpha value is -2.40. The van der Waals surface area contributed by atoms with E-state index in [0.717, 1.165) is 5.46 Å². The summed E-state index contributed by atoms with van der Waals surface area (Å²) in [5.74, 6) is 0. The highest BCUT2D eigenvalue weighted by Crippen LogP contribution is 2.40. The van der Waals surface area contributed by atoms with Gasteiger partial charge in [-0.2, -0.15) is 0 Å². The Labute approximate surface area is 182 Å². The van der Waals surface area contributed by atoms with Crippen LogP contribution in [0.25, 0.3) is 31.7 Å². The molecule has 150 valence electrons. The highest BCUT2D eigenvalue weighted by Gasteiger charge is 2.53. The zero-order valence-corrected chi connectivity index (χ0v) is 18.6. The summed E-state index contributed by atoms with van der Waals surface area (Å²) in [4.78, 5) is 1.22. The van der Waals surface area contributed by atoms with E-state index in [-0.39, 0.29) is 18.3 Å².